The van der Waals surface area contributed by atoms with E-state index < -0.39 is 0 Å². The van der Waals surface area contributed by atoms with Crippen LogP contribution in [-0.2, 0) is 0 Å². The Balaban J connectivity index is 1.39. The van der Waals surface area contributed by atoms with Gasteiger partial charge in [-0.05, 0) is 74.5 Å². The molecule has 0 aromatic carbocycles. The minimum absolute atomic E-state index is 0.702. The lowest BCUT2D eigenvalue weighted by Crippen LogP contribution is -2.31. The van der Waals surface area contributed by atoms with Crippen LogP contribution in [0, 0.1) is 13.8 Å². The molecule has 0 spiro atoms. The average molecular weight is 419 g/mol. The van der Waals surface area contributed by atoms with Crippen molar-refractivity contribution in [2.75, 3.05) is 0 Å². The molecule has 1 aliphatic heterocycles. The van der Waals surface area contributed by atoms with Crippen molar-refractivity contribution in [1.29, 1.82) is 0 Å². The van der Waals surface area contributed by atoms with Gasteiger partial charge in [-0.1, -0.05) is 18.2 Å². The zero-order valence-electron chi connectivity index (χ0n) is 17.7. The number of hydrazine groups is 1. The van der Waals surface area contributed by atoms with E-state index in [0.29, 0.717) is 5.69 Å². The highest BCUT2D eigenvalue weighted by Crippen LogP contribution is 2.21. The maximum Gasteiger partial charge on any atom is 0.111 e. The van der Waals surface area contributed by atoms with Crippen LogP contribution >= 0.6 is 0 Å². The van der Waals surface area contributed by atoms with Gasteiger partial charge in [-0.2, -0.15) is 0 Å². The molecule has 0 unspecified atom stereocenters. The summed E-state index contributed by atoms with van der Waals surface area (Å²) >= 11 is 0. The molecule has 0 aliphatic carbocycles. The second-order valence-electron chi connectivity index (χ2n) is 7.45. The van der Waals surface area contributed by atoms with Gasteiger partial charge in [0.2, 0.25) is 0 Å². The molecule has 2 N–H and O–H groups in total. The van der Waals surface area contributed by atoms with Crippen molar-refractivity contribution in [1.82, 2.24) is 36.0 Å². The average Bonchev–Trinajstić information content (AvgIpc) is 2.84. The molecular formula is C25H21N7. The van der Waals surface area contributed by atoms with Crippen LogP contribution in [0.2, 0.25) is 0 Å². The van der Waals surface area contributed by atoms with Crippen LogP contribution in [-0.4, -0.2) is 25.1 Å². The molecule has 5 heterocycles. The molecule has 0 bridgehead atoms. The van der Waals surface area contributed by atoms with Crippen LogP contribution in [0.5, 0.6) is 0 Å². The first-order chi connectivity index (χ1) is 15.7. The Kier molecular flexibility index (Phi) is 5.13. The van der Waals surface area contributed by atoms with Gasteiger partial charge in [-0.3, -0.25) is 20.8 Å². The summed E-state index contributed by atoms with van der Waals surface area (Å²) in [7, 11) is 0. The van der Waals surface area contributed by atoms with Gasteiger partial charge in [0.05, 0.1) is 34.2 Å². The number of nitrogens with zero attached hydrogens (tertiary/aromatic N) is 5. The smallest absolute Gasteiger partial charge is 0.111 e. The highest BCUT2D eigenvalue weighted by atomic mass is 15.4. The van der Waals surface area contributed by atoms with Crippen molar-refractivity contribution in [3.8, 4) is 22.8 Å². The van der Waals surface area contributed by atoms with Crippen molar-refractivity contribution in [2.24, 2.45) is 0 Å². The molecule has 0 amide bonds. The van der Waals surface area contributed by atoms with Gasteiger partial charge in [-0.25, -0.2) is 4.98 Å². The van der Waals surface area contributed by atoms with Gasteiger partial charge in [-0.15, -0.1) is 10.2 Å². The lowest BCUT2D eigenvalue weighted by molar-refractivity contribution is 0.797. The number of aromatic nitrogens is 5. The molecule has 1 aliphatic rings. The quantitative estimate of drug-likeness (QED) is 0.515. The van der Waals surface area contributed by atoms with Crippen LogP contribution in [0.15, 0.2) is 78.9 Å². The minimum Gasteiger partial charge on any atom is -0.299 e. The largest absolute Gasteiger partial charge is 0.299 e. The van der Waals surface area contributed by atoms with E-state index in [0.717, 1.165) is 51.3 Å². The Morgan fingerprint density at radius 2 is 0.906 bits per heavy atom. The van der Waals surface area contributed by atoms with E-state index in [2.05, 4.69) is 31.0 Å². The van der Waals surface area contributed by atoms with Crippen LogP contribution < -0.4 is 10.9 Å². The first kappa shape index (κ1) is 19.6. The van der Waals surface area contributed by atoms with E-state index in [9.17, 15) is 0 Å². The van der Waals surface area contributed by atoms with Crippen molar-refractivity contribution >= 4 is 11.4 Å². The molecule has 0 radical (unpaired) electrons. The van der Waals surface area contributed by atoms with Crippen LogP contribution in [0.1, 0.15) is 22.8 Å². The van der Waals surface area contributed by atoms with E-state index >= 15 is 0 Å². The first-order valence-electron chi connectivity index (χ1n) is 10.3. The summed E-state index contributed by atoms with van der Waals surface area (Å²) < 4.78 is 0. The molecule has 4 aromatic rings. The van der Waals surface area contributed by atoms with E-state index in [1.807, 2.05) is 92.7 Å². The molecule has 7 heteroatoms. The van der Waals surface area contributed by atoms with Gasteiger partial charge in [0, 0.05) is 11.4 Å². The van der Waals surface area contributed by atoms with Crippen molar-refractivity contribution in [3.05, 3.63) is 102 Å². The highest BCUT2D eigenvalue weighted by Gasteiger charge is 2.12. The van der Waals surface area contributed by atoms with Gasteiger partial charge in [0.25, 0.3) is 0 Å². The molecule has 5 rings (SSSR count). The lowest BCUT2D eigenvalue weighted by Gasteiger charge is -2.19. The summed E-state index contributed by atoms with van der Waals surface area (Å²) in [6, 6.07) is 21.5. The summed E-state index contributed by atoms with van der Waals surface area (Å²) in [5, 5.41) is 8.72. The first-order valence-corrected chi connectivity index (χ1v) is 10.3. The molecule has 0 saturated carbocycles. The number of pyridine rings is 3. The third-order valence-electron chi connectivity index (χ3n) is 5.02. The van der Waals surface area contributed by atoms with Gasteiger partial charge >= 0.3 is 0 Å². The molecule has 156 valence electrons. The monoisotopic (exact) mass is 419 g/mol. The Hall–Kier alpha value is -4.39. The molecule has 7 nitrogen and oxygen atoms in total. The van der Waals surface area contributed by atoms with Gasteiger partial charge < -0.3 is 0 Å². The molecule has 0 fully saturated rings. The summed E-state index contributed by atoms with van der Waals surface area (Å²) in [5.74, 6) is 0. The van der Waals surface area contributed by atoms with Crippen molar-refractivity contribution < 1.29 is 0 Å². The molecule has 0 atom stereocenters. The number of rotatable bonds is 4. The summed E-state index contributed by atoms with van der Waals surface area (Å²) in [6.07, 6.45) is 3.98. The zero-order chi connectivity index (χ0) is 21.9. The fraction of sp³-hybridized carbons (Fsp3) is 0.0800. The Bertz CT molecular complexity index is 1340. The Morgan fingerprint density at radius 3 is 1.41 bits per heavy atom. The van der Waals surface area contributed by atoms with Crippen LogP contribution in [0.4, 0.5) is 0 Å². The number of allylic oxidation sites excluding steroid dienone is 2. The maximum absolute atomic E-state index is 4.76. The topological polar surface area (TPSA) is 88.5 Å². The predicted molar refractivity (Wildman–Crippen MR) is 124 cm³/mol. The van der Waals surface area contributed by atoms with Crippen molar-refractivity contribution in [2.45, 2.75) is 13.8 Å². The molecule has 0 saturated heterocycles. The summed E-state index contributed by atoms with van der Waals surface area (Å²) in [5.41, 5.74) is 14.8. The van der Waals surface area contributed by atoms with E-state index in [1.54, 1.807) is 0 Å². The predicted octanol–water partition coefficient (Wildman–Crippen LogP) is 4.10. The third kappa shape index (κ3) is 4.09. The lowest BCUT2D eigenvalue weighted by atomic mass is 10.1. The Morgan fingerprint density at radius 1 is 0.469 bits per heavy atom. The van der Waals surface area contributed by atoms with Crippen LogP contribution in [0.3, 0.4) is 0 Å². The number of hydrogen-bond donors (Lipinski definition) is 2. The SMILES string of the molecule is Cc1cccc(C2=CC=C(c3cccc(-c4ccc(-c5cccc(C)n5)nn4)n3)NN2)n1. The second-order valence-corrected chi connectivity index (χ2v) is 7.45. The minimum atomic E-state index is 0.702. The Labute approximate surface area is 186 Å². The summed E-state index contributed by atoms with van der Waals surface area (Å²) in [6.45, 7) is 3.93. The fourth-order valence-electron chi connectivity index (χ4n) is 3.40. The highest BCUT2D eigenvalue weighted by molar-refractivity contribution is 5.74. The van der Waals surface area contributed by atoms with E-state index in [-0.39, 0.29) is 0 Å². The fourth-order valence-corrected chi connectivity index (χ4v) is 3.40. The normalized spacial score (nSPS) is 12.9. The van der Waals surface area contributed by atoms with E-state index in [4.69, 9.17) is 4.98 Å². The standard InChI is InChI=1S/C25H21N7/c1-16-6-3-8-18(26-16)22-12-14-24(31-29-22)20-10-5-11-21(28-20)25-15-13-23(30-32-25)19-9-4-7-17(2)27-19/h3-15,29,31H,1-2H3. The zero-order valence-corrected chi connectivity index (χ0v) is 17.7. The van der Waals surface area contributed by atoms with Crippen LogP contribution in [0.25, 0.3) is 34.2 Å². The molecular weight excluding hydrogens is 398 g/mol. The van der Waals surface area contributed by atoms with E-state index in [1.165, 1.54) is 0 Å². The molecule has 4 aromatic heterocycles. The van der Waals surface area contributed by atoms with Crippen molar-refractivity contribution in [3.63, 3.8) is 0 Å². The van der Waals surface area contributed by atoms with Gasteiger partial charge in [0.15, 0.2) is 0 Å². The summed E-state index contributed by atoms with van der Waals surface area (Å²) in [4.78, 5) is 13.8. The third-order valence-corrected chi connectivity index (χ3v) is 5.02. The maximum atomic E-state index is 4.76. The second kappa shape index (κ2) is 8.39. The number of aryl methyl sites for hydroxylation is 2. The molecule has 32 heavy (non-hydrogen) atoms. The number of hydrogen-bond acceptors (Lipinski definition) is 7. The van der Waals surface area contributed by atoms with Gasteiger partial charge in [0.1, 0.15) is 11.4 Å². The number of nitrogens with one attached hydrogen (secondary N) is 2.